The van der Waals surface area contributed by atoms with Crippen LogP contribution in [0.1, 0.15) is 28.4 Å². The van der Waals surface area contributed by atoms with Gasteiger partial charge < -0.3 is 9.30 Å². The van der Waals surface area contributed by atoms with Gasteiger partial charge in [0.25, 0.3) is 5.91 Å². The number of carbonyl (C=O) groups is 2. The second-order valence-corrected chi connectivity index (χ2v) is 12.5. The van der Waals surface area contributed by atoms with Crippen LogP contribution in [0.2, 0.25) is 0 Å². The van der Waals surface area contributed by atoms with E-state index < -0.39 is 21.9 Å². The van der Waals surface area contributed by atoms with E-state index in [1.807, 2.05) is 42.5 Å². The largest absolute Gasteiger partial charge is 0.465 e. The number of esters is 1. The molecule has 0 saturated carbocycles. The Kier molecular flexibility index (Phi) is 7.62. The third-order valence-corrected chi connectivity index (χ3v) is 9.66. The predicted molar refractivity (Wildman–Crippen MR) is 148 cm³/mol. The Labute approximate surface area is 232 Å². The first-order valence-corrected chi connectivity index (χ1v) is 15.0. The minimum atomic E-state index is -3.72. The third-order valence-electron chi connectivity index (χ3n) is 6.27. The summed E-state index contributed by atoms with van der Waals surface area (Å²) in [6, 6.07) is 19.2. The summed E-state index contributed by atoms with van der Waals surface area (Å²) in [6.07, 6.45) is 0.655. The van der Waals surface area contributed by atoms with Crippen molar-refractivity contribution in [2.75, 3.05) is 13.2 Å². The highest BCUT2D eigenvalue weighted by atomic mass is 79.9. The van der Waals surface area contributed by atoms with Gasteiger partial charge in [0, 0.05) is 23.1 Å². The molecule has 5 rings (SSSR count). The van der Waals surface area contributed by atoms with Gasteiger partial charge in [-0.05, 0) is 66.9 Å². The molecule has 0 spiro atoms. The summed E-state index contributed by atoms with van der Waals surface area (Å²) in [7, 11) is -3.72. The first-order valence-electron chi connectivity index (χ1n) is 12.0. The van der Waals surface area contributed by atoms with Crippen LogP contribution in [0.3, 0.4) is 0 Å². The maximum absolute atomic E-state index is 13.3. The summed E-state index contributed by atoms with van der Waals surface area (Å²) in [5, 5.41) is 0. The molecule has 0 radical (unpaired) electrons. The van der Waals surface area contributed by atoms with Crippen molar-refractivity contribution in [3.63, 3.8) is 0 Å². The topological polar surface area (TPSA) is 98.0 Å². The molecule has 11 heteroatoms. The third kappa shape index (κ3) is 5.37. The first-order chi connectivity index (χ1) is 18.3. The van der Waals surface area contributed by atoms with E-state index in [2.05, 4.69) is 20.9 Å². The SMILES string of the molecule is CCOC(=O)Cn1c(=NC(=O)c2ccc(S(=O)(=O)N3CCc4ccccc4C3)cc2)sc2cc(Br)ccc21. The van der Waals surface area contributed by atoms with Crippen LogP contribution < -0.4 is 4.80 Å². The number of carbonyl (C=O) groups excluding carboxylic acids is 2. The molecule has 0 saturated heterocycles. The molecule has 196 valence electrons. The maximum atomic E-state index is 13.3. The molecule has 1 aromatic heterocycles. The Balaban J connectivity index is 1.42. The second kappa shape index (κ2) is 10.9. The lowest BCUT2D eigenvalue weighted by Gasteiger charge is -2.28. The normalized spacial score (nSPS) is 14.4. The fourth-order valence-corrected chi connectivity index (χ4v) is 7.36. The Hall–Kier alpha value is -3.12. The average molecular weight is 615 g/mol. The van der Waals surface area contributed by atoms with Gasteiger partial charge in [-0.15, -0.1) is 0 Å². The van der Waals surface area contributed by atoms with Crippen molar-refractivity contribution in [3.8, 4) is 0 Å². The number of benzene rings is 3. The van der Waals surface area contributed by atoms with Crippen LogP contribution in [0, 0.1) is 0 Å². The lowest BCUT2D eigenvalue weighted by atomic mass is 10.0. The molecule has 2 heterocycles. The van der Waals surface area contributed by atoms with E-state index in [-0.39, 0.29) is 23.6 Å². The van der Waals surface area contributed by atoms with E-state index in [1.54, 1.807) is 11.5 Å². The standard InChI is InChI=1S/C27H24BrN3O5S2/c1-2-36-25(32)17-31-23-12-9-21(28)15-24(23)37-27(31)29-26(33)19-7-10-22(11-8-19)38(34,35)30-14-13-18-5-3-4-6-20(18)16-30/h3-12,15H,2,13-14,16-17H2,1H3. The summed E-state index contributed by atoms with van der Waals surface area (Å²) < 4.78 is 36.4. The van der Waals surface area contributed by atoms with Crippen LogP contribution in [0.4, 0.5) is 0 Å². The number of hydrogen-bond acceptors (Lipinski definition) is 6. The van der Waals surface area contributed by atoms with Gasteiger partial charge in [0.2, 0.25) is 10.0 Å². The molecule has 0 N–H and O–H groups in total. The van der Waals surface area contributed by atoms with Gasteiger partial charge in [-0.2, -0.15) is 9.30 Å². The maximum Gasteiger partial charge on any atom is 0.326 e. The van der Waals surface area contributed by atoms with Gasteiger partial charge in [-0.3, -0.25) is 9.59 Å². The van der Waals surface area contributed by atoms with Gasteiger partial charge in [-0.25, -0.2) is 8.42 Å². The first kappa shape index (κ1) is 26.5. The van der Waals surface area contributed by atoms with E-state index in [0.29, 0.717) is 24.3 Å². The zero-order chi connectivity index (χ0) is 26.9. The highest BCUT2D eigenvalue weighted by molar-refractivity contribution is 9.10. The van der Waals surface area contributed by atoms with Crippen LogP contribution in [-0.2, 0) is 39.1 Å². The Morgan fingerprint density at radius 3 is 2.53 bits per heavy atom. The van der Waals surface area contributed by atoms with Gasteiger partial charge in [-0.1, -0.05) is 51.5 Å². The Morgan fingerprint density at radius 1 is 1.05 bits per heavy atom. The molecule has 8 nitrogen and oxygen atoms in total. The number of ether oxygens (including phenoxy) is 1. The molecule has 1 aliphatic heterocycles. The monoisotopic (exact) mass is 613 g/mol. The summed E-state index contributed by atoms with van der Waals surface area (Å²) >= 11 is 4.72. The lowest BCUT2D eigenvalue weighted by Crippen LogP contribution is -2.35. The molecule has 1 aliphatic rings. The van der Waals surface area contributed by atoms with Crippen molar-refractivity contribution < 1.29 is 22.7 Å². The molecule has 1 amide bonds. The number of fused-ring (bicyclic) bond motifs is 2. The van der Waals surface area contributed by atoms with Crippen molar-refractivity contribution in [1.82, 2.24) is 8.87 Å². The van der Waals surface area contributed by atoms with Crippen LogP contribution in [0.5, 0.6) is 0 Å². The number of thiazole rings is 1. The van der Waals surface area contributed by atoms with Crippen LogP contribution in [0.25, 0.3) is 10.2 Å². The number of rotatable bonds is 6. The number of amides is 1. The van der Waals surface area contributed by atoms with Gasteiger partial charge in [0.15, 0.2) is 4.80 Å². The molecule has 38 heavy (non-hydrogen) atoms. The van der Waals surface area contributed by atoms with E-state index >= 15 is 0 Å². The van der Waals surface area contributed by atoms with Gasteiger partial charge >= 0.3 is 5.97 Å². The van der Waals surface area contributed by atoms with E-state index in [4.69, 9.17) is 4.74 Å². The van der Waals surface area contributed by atoms with E-state index in [1.165, 1.54) is 39.9 Å². The number of sulfonamides is 1. The average Bonchev–Trinajstić information content (AvgIpc) is 3.23. The molecule has 0 fully saturated rings. The fraction of sp³-hybridized carbons (Fsp3) is 0.222. The lowest BCUT2D eigenvalue weighted by molar-refractivity contribution is -0.143. The fourth-order valence-electron chi connectivity index (χ4n) is 4.37. The molecular weight excluding hydrogens is 590 g/mol. The smallest absolute Gasteiger partial charge is 0.326 e. The van der Waals surface area contributed by atoms with Crippen molar-refractivity contribution in [1.29, 1.82) is 0 Å². The molecule has 4 aromatic rings. The Morgan fingerprint density at radius 2 is 1.79 bits per heavy atom. The van der Waals surface area contributed by atoms with Crippen LogP contribution in [-0.4, -0.2) is 42.3 Å². The summed E-state index contributed by atoms with van der Waals surface area (Å²) in [5.74, 6) is -0.969. The zero-order valence-electron chi connectivity index (χ0n) is 20.5. The van der Waals surface area contributed by atoms with E-state index in [0.717, 1.165) is 25.8 Å². The van der Waals surface area contributed by atoms with Crippen molar-refractivity contribution >= 4 is 59.4 Å². The van der Waals surface area contributed by atoms with Gasteiger partial charge in [0.1, 0.15) is 6.54 Å². The molecule has 3 aromatic carbocycles. The minimum Gasteiger partial charge on any atom is -0.465 e. The van der Waals surface area contributed by atoms with Crippen LogP contribution >= 0.6 is 27.3 Å². The van der Waals surface area contributed by atoms with Crippen molar-refractivity contribution in [3.05, 3.63) is 92.7 Å². The van der Waals surface area contributed by atoms with E-state index in [9.17, 15) is 18.0 Å². The number of aromatic nitrogens is 1. The quantitative estimate of drug-likeness (QED) is 0.298. The minimum absolute atomic E-state index is 0.0856. The molecule has 0 aliphatic carbocycles. The highest BCUT2D eigenvalue weighted by Gasteiger charge is 2.28. The number of halogens is 1. The predicted octanol–water partition coefficient (Wildman–Crippen LogP) is 4.52. The Bertz CT molecular complexity index is 1710. The number of hydrogen-bond donors (Lipinski definition) is 0. The molecule has 0 atom stereocenters. The zero-order valence-corrected chi connectivity index (χ0v) is 23.7. The number of nitrogens with zero attached hydrogens (tertiary/aromatic N) is 3. The molecule has 0 unspecified atom stereocenters. The summed E-state index contributed by atoms with van der Waals surface area (Å²) in [5.41, 5.74) is 3.16. The van der Waals surface area contributed by atoms with Crippen molar-refractivity contribution in [2.24, 2.45) is 4.99 Å². The summed E-state index contributed by atoms with van der Waals surface area (Å²) in [4.78, 5) is 30.0. The van der Waals surface area contributed by atoms with Crippen LogP contribution in [0.15, 0.2) is 81.1 Å². The van der Waals surface area contributed by atoms with Crippen molar-refractivity contribution in [2.45, 2.75) is 31.3 Å². The molecule has 0 bridgehead atoms. The highest BCUT2D eigenvalue weighted by Crippen LogP contribution is 2.26. The molecular formula is C27H24BrN3O5S2. The van der Waals surface area contributed by atoms with Gasteiger partial charge in [0.05, 0.1) is 21.7 Å². The second-order valence-electron chi connectivity index (χ2n) is 8.69. The summed E-state index contributed by atoms with van der Waals surface area (Å²) in [6.45, 7) is 2.61.